The van der Waals surface area contributed by atoms with Crippen molar-refractivity contribution in [3.05, 3.63) is 23.8 Å². The van der Waals surface area contributed by atoms with Crippen LogP contribution in [0.1, 0.15) is 55.8 Å². The maximum absolute atomic E-state index is 12.6. The van der Waals surface area contributed by atoms with Gasteiger partial charge < -0.3 is 10.4 Å². The van der Waals surface area contributed by atoms with E-state index < -0.39 is 15.8 Å². The number of nitrogens with one attached hydrogen (secondary N) is 1. The fourth-order valence-electron chi connectivity index (χ4n) is 3.36. The van der Waals surface area contributed by atoms with Crippen molar-refractivity contribution in [1.82, 2.24) is 0 Å². The molecule has 1 amide bonds. The molecule has 0 aliphatic heterocycles. The second-order valence-electron chi connectivity index (χ2n) is 6.80. The van der Waals surface area contributed by atoms with Crippen LogP contribution in [0.2, 0.25) is 0 Å². The zero-order chi connectivity index (χ0) is 18.6. The Morgan fingerprint density at radius 1 is 1.24 bits per heavy atom. The summed E-state index contributed by atoms with van der Waals surface area (Å²) < 4.78 is 23.5. The molecular weight excluding hydrogens is 342 g/mol. The second-order valence-corrected chi connectivity index (χ2v) is 8.82. The largest absolute Gasteiger partial charge is 0.478 e. The second kappa shape index (κ2) is 7.99. The van der Waals surface area contributed by atoms with Crippen LogP contribution in [0.3, 0.4) is 0 Å². The van der Waals surface area contributed by atoms with E-state index in [1.807, 2.05) is 6.92 Å². The maximum atomic E-state index is 12.6. The highest BCUT2D eigenvalue weighted by Gasteiger charge is 2.24. The average molecular weight is 367 g/mol. The smallest absolute Gasteiger partial charge is 0.335 e. The van der Waals surface area contributed by atoms with Crippen molar-refractivity contribution in [3.63, 3.8) is 0 Å². The van der Waals surface area contributed by atoms with Gasteiger partial charge in [0.1, 0.15) is 0 Å². The van der Waals surface area contributed by atoms with E-state index in [1.54, 1.807) is 0 Å². The first-order valence-corrected chi connectivity index (χ1v) is 10.5. The minimum atomic E-state index is -3.58. The minimum absolute atomic E-state index is 0.119. The number of carboxylic acid groups (broad SMARTS) is 1. The Bertz CT molecular complexity index is 751. The molecule has 1 aromatic carbocycles. The Morgan fingerprint density at radius 3 is 2.40 bits per heavy atom. The molecule has 1 unspecified atom stereocenters. The van der Waals surface area contributed by atoms with Gasteiger partial charge in [-0.1, -0.05) is 32.6 Å². The van der Waals surface area contributed by atoms with Crippen molar-refractivity contribution >= 4 is 27.4 Å². The van der Waals surface area contributed by atoms with E-state index in [2.05, 4.69) is 5.32 Å². The van der Waals surface area contributed by atoms with Crippen LogP contribution in [0.4, 0.5) is 5.69 Å². The summed E-state index contributed by atoms with van der Waals surface area (Å²) in [5.41, 5.74) is 0.0391. The number of carboxylic acids is 1. The molecule has 0 spiro atoms. The lowest BCUT2D eigenvalue weighted by Crippen LogP contribution is -2.24. The predicted molar refractivity (Wildman–Crippen MR) is 95.5 cm³/mol. The highest BCUT2D eigenvalue weighted by atomic mass is 32.2. The zero-order valence-corrected chi connectivity index (χ0v) is 15.4. The monoisotopic (exact) mass is 367 g/mol. The topological polar surface area (TPSA) is 101 Å². The summed E-state index contributed by atoms with van der Waals surface area (Å²) in [5.74, 6) is -1.01. The van der Waals surface area contributed by atoms with Crippen LogP contribution in [-0.4, -0.2) is 31.7 Å². The zero-order valence-electron chi connectivity index (χ0n) is 14.6. The van der Waals surface area contributed by atoms with Crippen molar-refractivity contribution in [2.75, 3.05) is 11.6 Å². The fourth-order valence-corrected chi connectivity index (χ4v) is 4.04. The molecule has 7 heteroatoms. The molecule has 138 valence electrons. The van der Waals surface area contributed by atoms with E-state index in [1.165, 1.54) is 25.0 Å². The number of anilines is 1. The molecule has 1 fully saturated rings. The van der Waals surface area contributed by atoms with E-state index in [0.29, 0.717) is 12.3 Å². The maximum Gasteiger partial charge on any atom is 0.335 e. The van der Waals surface area contributed by atoms with Crippen molar-refractivity contribution in [1.29, 1.82) is 0 Å². The number of aromatic carboxylic acids is 1. The van der Waals surface area contributed by atoms with Crippen molar-refractivity contribution in [3.8, 4) is 0 Å². The van der Waals surface area contributed by atoms with Crippen LogP contribution in [0.15, 0.2) is 23.1 Å². The quantitative estimate of drug-likeness (QED) is 0.770. The third-order valence-electron chi connectivity index (χ3n) is 4.81. The van der Waals surface area contributed by atoms with Gasteiger partial charge in [0, 0.05) is 17.9 Å². The van der Waals surface area contributed by atoms with Crippen LogP contribution in [-0.2, 0) is 14.6 Å². The molecule has 1 aromatic rings. The molecule has 0 heterocycles. The van der Waals surface area contributed by atoms with Crippen LogP contribution >= 0.6 is 0 Å². The summed E-state index contributed by atoms with van der Waals surface area (Å²) >= 11 is 0. The minimum Gasteiger partial charge on any atom is -0.478 e. The summed E-state index contributed by atoms with van der Waals surface area (Å²) in [7, 11) is -3.58. The predicted octanol–water partition coefficient (Wildman–Crippen LogP) is 3.33. The molecule has 1 aliphatic rings. The number of carbonyl (C=O) groups excluding carboxylic acids is 1. The van der Waals surface area contributed by atoms with Gasteiger partial charge in [0.25, 0.3) is 0 Å². The molecule has 6 nitrogen and oxygen atoms in total. The standard InChI is InChI=1S/C18H25NO5S/c1-3-13(8-12-6-4-5-7-12)17(20)19-15-9-14(18(21)22)10-16(11-15)25(2,23)24/h9-13H,3-8H2,1-2H3,(H,19,20)(H,21,22). The van der Waals surface area contributed by atoms with Gasteiger partial charge in [0.05, 0.1) is 10.5 Å². The number of amides is 1. The average Bonchev–Trinajstić information content (AvgIpc) is 3.04. The van der Waals surface area contributed by atoms with Crippen LogP contribution in [0.5, 0.6) is 0 Å². The van der Waals surface area contributed by atoms with E-state index >= 15 is 0 Å². The molecule has 0 saturated heterocycles. The lowest BCUT2D eigenvalue weighted by molar-refractivity contribution is -0.120. The number of hydrogen-bond donors (Lipinski definition) is 2. The molecule has 1 atom stereocenters. The molecule has 25 heavy (non-hydrogen) atoms. The molecule has 2 rings (SSSR count). The van der Waals surface area contributed by atoms with Gasteiger partial charge in [0.15, 0.2) is 9.84 Å². The third-order valence-corrected chi connectivity index (χ3v) is 5.90. The Labute approximate surface area is 148 Å². The summed E-state index contributed by atoms with van der Waals surface area (Å²) in [4.78, 5) is 23.7. The summed E-state index contributed by atoms with van der Waals surface area (Å²) in [5, 5.41) is 11.9. The Balaban J connectivity index is 2.20. The molecule has 1 saturated carbocycles. The Morgan fingerprint density at radius 2 is 1.88 bits per heavy atom. The lowest BCUT2D eigenvalue weighted by Gasteiger charge is -2.19. The molecule has 0 aromatic heterocycles. The number of hydrogen-bond acceptors (Lipinski definition) is 4. The molecule has 1 aliphatic carbocycles. The summed E-state index contributed by atoms with van der Waals surface area (Å²) in [6.07, 6.45) is 7.24. The highest BCUT2D eigenvalue weighted by molar-refractivity contribution is 7.90. The van der Waals surface area contributed by atoms with E-state index in [9.17, 15) is 23.1 Å². The van der Waals surface area contributed by atoms with Crippen molar-refractivity contribution in [2.24, 2.45) is 11.8 Å². The third kappa shape index (κ3) is 5.29. The molecule has 0 radical (unpaired) electrons. The summed E-state index contributed by atoms with van der Waals surface area (Å²) in [6, 6.07) is 3.70. The van der Waals surface area contributed by atoms with Crippen LogP contribution < -0.4 is 5.32 Å². The first-order chi connectivity index (χ1) is 11.7. The molecular formula is C18H25NO5S. The van der Waals surface area contributed by atoms with Crippen molar-refractivity contribution < 1.29 is 23.1 Å². The van der Waals surface area contributed by atoms with E-state index in [-0.39, 0.29) is 28.0 Å². The van der Waals surface area contributed by atoms with E-state index in [0.717, 1.165) is 31.6 Å². The van der Waals surface area contributed by atoms with Crippen molar-refractivity contribution in [2.45, 2.75) is 50.3 Å². The molecule has 2 N–H and O–H groups in total. The van der Waals surface area contributed by atoms with Gasteiger partial charge in [-0.3, -0.25) is 4.79 Å². The molecule has 0 bridgehead atoms. The lowest BCUT2D eigenvalue weighted by atomic mass is 9.90. The van der Waals surface area contributed by atoms with Gasteiger partial charge in [-0.25, -0.2) is 13.2 Å². The number of carbonyl (C=O) groups is 2. The Kier molecular flexibility index (Phi) is 6.21. The van der Waals surface area contributed by atoms with Gasteiger partial charge in [0.2, 0.25) is 5.91 Å². The first kappa shape index (κ1) is 19.4. The van der Waals surface area contributed by atoms with Gasteiger partial charge in [-0.15, -0.1) is 0 Å². The van der Waals surface area contributed by atoms with Gasteiger partial charge in [-0.05, 0) is 37.0 Å². The van der Waals surface area contributed by atoms with Crippen LogP contribution in [0.25, 0.3) is 0 Å². The first-order valence-electron chi connectivity index (χ1n) is 8.60. The fraction of sp³-hybridized carbons (Fsp3) is 0.556. The van der Waals surface area contributed by atoms with Crippen LogP contribution in [0, 0.1) is 11.8 Å². The van der Waals surface area contributed by atoms with Gasteiger partial charge in [-0.2, -0.15) is 0 Å². The van der Waals surface area contributed by atoms with Gasteiger partial charge >= 0.3 is 5.97 Å². The number of benzene rings is 1. The number of rotatable bonds is 7. The summed E-state index contributed by atoms with van der Waals surface area (Å²) in [6.45, 7) is 1.95. The number of sulfone groups is 1. The normalized spacial score (nSPS) is 16.6. The van der Waals surface area contributed by atoms with E-state index in [4.69, 9.17) is 0 Å². The highest BCUT2D eigenvalue weighted by Crippen LogP contribution is 2.32. The SMILES string of the molecule is CCC(CC1CCCC1)C(=O)Nc1cc(C(=O)O)cc(S(C)(=O)=O)c1. The Hall–Kier alpha value is -1.89.